The van der Waals surface area contributed by atoms with E-state index in [0.29, 0.717) is 19.6 Å². The molecule has 2 atom stereocenters. The van der Waals surface area contributed by atoms with E-state index in [1.54, 1.807) is 0 Å². The molecular formula is C21H24F2N4O2. The minimum Gasteiger partial charge on any atom is -0.383 e. The molecule has 0 aliphatic heterocycles. The second-order valence-corrected chi connectivity index (χ2v) is 7.04. The number of aliphatic hydroxyl groups is 1. The van der Waals surface area contributed by atoms with E-state index in [1.807, 2.05) is 30.3 Å². The predicted octanol–water partition coefficient (Wildman–Crippen LogP) is 2.77. The monoisotopic (exact) mass is 402 g/mol. The lowest BCUT2D eigenvalue weighted by atomic mass is 9.86. The van der Waals surface area contributed by atoms with E-state index in [1.165, 1.54) is 23.4 Å². The summed E-state index contributed by atoms with van der Waals surface area (Å²) in [4.78, 5) is 3.84. The van der Waals surface area contributed by atoms with Crippen molar-refractivity contribution in [1.29, 1.82) is 0 Å². The maximum absolute atomic E-state index is 14.4. The van der Waals surface area contributed by atoms with Crippen LogP contribution >= 0.6 is 0 Å². The lowest BCUT2D eigenvalue weighted by Gasteiger charge is -2.31. The first kappa shape index (κ1) is 21.0. The molecule has 0 saturated carbocycles. The Morgan fingerprint density at radius 1 is 1.17 bits per heavy atom. The van der Waals surface area contributed by atoms with Crippen LogP contribution in [0, 0.1) is 11.6 Å². The van der Waals surface area contributed by atoms with Gasteiger partial charge in [0.05, 0.1) is 13.2 Å². The second kappa shape index (κ2) is 9.69. The Kier molecular flexibility index (Phi) is 7.03. The van der Waals surface area contributed by atoms with Crippen LogP contribution < -0.4 is 5.73 Å². The lowest BCUT2D eigenvalue weighted by Crippen LogP contribution is -2.40. The number of hydrogen-bond donors (Lipinski definition) is 2. The molecule has 8 heteroatoms. The van der Waals surface area contributed by atoms with Crippen molar-refractivity contribution >= 4 is 0 Å². The van der Waals surface area contributed by atoms with Gasteiger partial charge in [-0.15, -0.1) is 0 Å². The Hall–Kier alpha value is -2.68. The Bertz CT molecular complexity index is 893. The zero-order chi connectivity index (χ0) is 20.7. The molecule has 0 saturated heterocycles. The average molecular weight is 402 g/mol. The van der Waals surface area contributed by atoms with Gasteiger partial charge >= 0.3 is 0 Å². The third-order valence-electron chi connectivity index (χ3n) is 4.67. The van der Waals surface area contributed by atoms with Crippen LogP contribution in [0.25, 0.3) is 0 Å². The first-order chi connectivity index (χ1) is 14.0. The van der Waals surface area contributed by atoms with Crippen molar-refractivity contribution in [3.05, 3.63) is 83.9 Å². The van der Waals surface area contributed by atoms with Crippen molar-refractivity contribution in [3.63, 3.8) is 0 Å². The summed E-state index contributed by atoms with van der Waals surface area (Å²) < 4.78 is 34.8. The topological polar surface area (TPSA) is 86.2 Å². The van der Waals surface area contributed by atoms with Crippen LogP contribution in [0.5, 0.6) is 0 Å². The van der Waals surface area contributed by atoms with Gasteiger partial charge in [-0.2, -0.15) is 5.10 Å². The standard InChI is InChI=1S/C21H24F2N4O2/c22-17-6-7-19(20(23)10-17)21(28,13-27-15-25-14-26-27)11-18(24)8-9-29-12-16-4-2-1-3-5-16/h1-7,10,14-15,18,28H,8-9,11-13,24H2. The summed E-state index contributed by atoms with van der Waals surface area (Å²) in [5, 5.41) is 15.2. The van der Waals surface area contributed by atoms with Gasteiger partial charge in [0.1, 0.15) is 29.9 Å². The van der Waals surface area contributed by atoms with Gasteiger partial charge in [0.15, 0.2) is 0 Å². The van der Waals surface area contributed by atoms with Gasteiger partial charge in [-0.1, -0.05) is 36.4 Å². The Morgan fingerprint density at radius 2 is 1.97 bits per heavy atom. The Balaban J connectivity index is 1.64. The molecule has 3 N–H and O–H groups in total. The maximum Gasteiger partial charge on any atom is 0.137 e. The number of ether oxygens (including phenoxy) is 1. The van der Waals surface area contributed by atoms with E-state index in [2.05, 4.69) is 10.1 Å². The number of nitrogens with zero attached hydrogens (tertiary/aromatic N) is 3. The molecule has 1 aromatic heterocycles. The minimum absolute atomic E-state index is 0.0324. The molecule has 0 aliphatic carbocycles. The van der Waals surface area contributed by atoms with Gasteiger partial charge in [-0.3, -0.25) is 0 Å². The van der Waals surface area contributed by atoms with E-state index in [9.17, 15) is 13.9 Å². The Labute approximate surface area is 168 Å². The molecule has 1 heterocycles. The highest BCUT2D eigenvalue weighted by molar-refractivity contribution is 5.25. The molecule has 0 spiro atoms. The summed E-state index contributed by atoms with van der Waals surface area (Å²) >= 11 is 0. The molecule has 3 rings (SSSR count). The van der Waals surface area contributed by atoms with Gasteiger partial charge in [0.25, 0.3) is 0 Å². The van der Waals surface area contributed by atoms with Crippen LogP contribution in [0.4, 0.5) is 8.78 Å². The van der Waals surface area contributed by atoms with Crippen LogP contribution in [0.1, 0.15) is 24.0 Å². The first-order valence-corrected chi connectivity index (χ1v) is 9.34. The van der Waals surface area contributed by atoms with E-state index >= 15 is 0 Å². The van der Waals surface area contributed by atoms with Crippen molar-refractivity contribution in [1.82, 2.24) is 14.8 Å². The number of nitrogens with two attached hydrogens (primary N) is 1. The molecule has 2 aromatic carbocycles. The zero-order valence-electron chi connectivity index (χ0n) is 15.9. The summed E-state index contributed by atoms with van der Waals surface area (Å²) in [6.45, 7) is 0.791. The number of halogens is 2. The molecule has 2 unspecified atom stereocenters. The van der Waals surface area contributed by atoms with Gasteiger partial charge in [-0.05, 0) is 24.5 Å². The molecule has 0 radical (unpaired) electrons. The third kappa shape index (κ3) is 5.90. The van der Waals surface area contributed by atoms with Crippen LogP contribution in [0.3, 0.4) is 0 Å². The summed E-state index contributed by atoms with van der Waals surface area (Å²) in [5.41, 5.74) is 5.55. The van der Waals surface area contributed by atoms with Crippen molar-refractivity contribution < 1.29 is 18.6 Å². The smallest absolute Gasteiger partial charge is 0.137 e. The molecule has 0 amide bonds. The average Bonchev–Trinajstić information content (AvgIpc) is 3.18. The zero-order valence-corrected chi connectivity index (χ0v) is 15.9. The fourth-order valence-corrected chi connectivity index (χ4v) is 3.24. The van der Waals surface area contributed by atoms with Crippen molar-refractivity contribution in [2.75, 3.05) is 6.61 Å². The summed E-state index contributed by atoms with van der Waals surface area (Å²) in [6.07, 6.45) is 3.25. The first-order valence-electron chi connectivity index (χ1n) is 9.34. The Morgan fingerprint density at radius 3 is 2.66 bits per heavy atom. The van der Waals surface area contributed by atoms with E-state index < -0.39 is 23.3 Å². The minimum atomic E-state index is -1.68. The van der Waals surface area contributed by atoms with Crippen LogP contribution in [-0.2, 0) is 23.5 Å². The fraction of sp³-hybridized carbons (Fsp3) is 0.333. The molecule has 0 fully saturated rings. The SMILES string of the molecule is NC(CCOCc1ccccc1)CC(O)(Cn1cncn1)c1ccc(F)cc1F. The van der Waals surface area contributed by atoms with Crippen LogP contribution in [0.15, 0.2) is 61.2 Å². The quantitative estimate of drug-likeness (QED) is 0.510. The van der Waals surface area contributed by atoms with E-state index in [4.69, 9.17) is 10.5 Å². The number of rotatable bonds is 10. The summed E-state index contributed by atoms with van der Waals surface area (Å²) in [5.74, 6) is -1.55. The number of hydrogen-bond acceptors (Lipinski definition) is 5. The normalized spacial score (nSPS) is 14.5. The van der Waals surface area contributed by atoms with Gasteiger partial charge in [0, 0.05) is 24.3 Å². The highest BCUT2D eigenvalue weighted by atomic mass is 19.1. The van der Waals surface area contributed by atoms with E-state index in [-0.39, 0.29) is 18.5 Å². The molecule has 29 heavy (non-hydrogen) atoms. The van der Waals surface area contributed by atoms with E-state index in [0.717, 1.165) is 17.7 Å². The molecule has 3 aromatic rings. The summed E-state index contributed by atoms with van der Waals surface area (Å²) in [7, 11) is 0. The van der Waals surface area contributed by atoms with Gasteiger partial charge < -0.3 is 15.6 Å². The van der Waals surface area contributed by atoms with Gasteiger partial charge in [-0.25, -0.2) is 18.4 Å². The fourth-order valence-electron chi connectivity index (χ4n) is 3.24. The van der Waals surface area contributed by atoms with Crippen molar-refractivity contribution in [3.8, 4) is 0 Å². The van der Waals surface area contributed by atoms with Crippen LogP contribution in [-0.4, -0.2) is 32.5 Å². The maximum atomic E-state index is 14.4. The molecule has 6 nitrogen and oxygen atoms in total. The van der Waals surface area contributed by atoms with Crippen molar-refractivity contribution in [2.24, 2.45) is 5.73 Å². The van der Waals surface area contributed by atoms with Crippen LogP contribution in [0.2, 0.25) is 0 Å². The molecule has 154 valence electrons. The second-order valence-electron chi connectivity index (χ2n) is 7.04. The number of benzene rings is 2. The highest BCUT2D eigenvalue weighted by Crippen LogP contribution is 2.31. The highest BCUT2D eigenvalue weighted by Gasteiger charge is 2.35. The molecule has 0 bridgehead atoms. The lowest BCUT2D eigenvalue weighted by molar-refractivity contribution is -0.00652. The predicted molar refractivity (Wildman–Crippen MR) is 104 cm³/mol. The van der Waals surface area contributed by atoms with Gasteiger partial charge in [0.2, 0.25) is 0 Å². The molecule has 0 aliphatic rings. The number of aromatic nitrogens is 3. The van der Waals surface area contributed by atoms with Crippen molar-refractivity contribution in [2.45, 2.75) is 37.6 Å². The molecular weight excluding hydrogens is 378 g/mol. The third-order valence-corrected chi connectivity index (χ3v) is 4.67. The summed E-state index contributed by atoms with van der Waals surface area (Å²) in [6, 6.07) is 12.4. The largest absolute Gasteiger partial charge is 0.383 e.